The molecule has 1 atom stereocenters. The predicted molar refractivity (Wildman–Crippen MR) is 87.6 cm³/mol. The second kappa shape index (κ2) is 6.68. The maximum absolute atomic E-state index is 9.31. The van der Waals surface area contributed by atoms with Gasteiger partial charge in [0.05, 0.1) is 6.61 Å². The molecule has 3 N–H and O–H groups in total. The lowest BCUT2D eigenvalue weighted by Crippen LogP contribution is -2.21. The molecule has 6 heteroatoms. The first-order chi connectivity index (χ1) is 11.2. The third kappa shape index (κ3) is 3.44. The zero-order valence-corrected chi connectivity index (χ0v) is 12.7. The molecular formula is C17H18N2O4. The van der Waals surface area contributed by atoms with Crippen LogP contribution in [0, 0.1) is 0 Å². The fraction of sp³-hybridized carbons (Fsp3) is 0.235. The van der Waals surface area contributed by atoms with E-state index in [1.807, 2.05) is 31.3 Å². The standard InChI is InChI=1S/C17H18N2O4/c1-18-12-4-2-11(3-5-12)17-19-15-8-14(6-7-16(15)23-17)22-10-13(21)9-20/h2-8,13,18,20-21H,9-10H2,1H3/t13-/m0/s1. The SMILES string of the molecule is CNc1ccc(-c2nc3cc(OC[C@@H](O)CO)ccc3o2)cc1. The Kier molecular flexibility index (Phi) is 4.45. The molecule has 0 fully saturated rings. The van der Waals surface area contributed by atoms with Crippen LogP contribution in [0.15, 0.2) is 46.9 Å². The van der Waals surface area contributed by atoms with E-state index in [0.717, 1.165) is 11.3 Å². The molecule has 0 saturated heterocycles. The first-order valence-electron chi connectivity index (χ1n) is 7.30. The van der Waals surface area contributed by atoms with Crippen molar-refractivity contribution in [2.24, 2.45) is 0 Å². The summed E-state index contributed by atoms with van der Waals surface area (Å²) in [5.74, 6) is 1.10. The number of benzene rings is 2. The van der Waals surface area contributed by atoms with Crippen LogP contribution in [-0.2, 0) is 0 Å². The van der Waals surface area contributed by atoms with Crippen LogP contribution in [-0.4, -0.2) is 41.6 Å². The van der Waals surface area contributed by atoms with Crippen molar-refractivity contribution in [3.63, 3.8) is 0 Å². The van der Waals surface area contributed by atoms with Gasteiger partial charge in [-0.3, -0.25) is 0 Å². The lowest BCUT2D eigenvalue weighted by Gasteiger charge is -2.09. The van der Waals surface area contributed by atoms with Crippen LogP contribution in [0.25, 0.3) is 22.6 Å². The van der Waals surface area contributed by atoms with Crippen LogP contribution in [0.5, 0.6) is 5.75 Å². The fourth-order valence-electron chi connectivity index (χ4n) is 2.15. The summed E-state index contributed by atoms with van der Waals surface area (Å²) in [4.78, 5) is 4.47. The molecule has 23 heavy (non-hydrogen) atoms. The van der Waals surface area contributed by atoms with Gasteiger partial charge in [0.25, 0.3) is 0 Å². The van der Waals surface area contributed by atoms with Crippen molar-refractivity contribution >= 4 is 16.8 Å². The van der Waals surface area contributed by atoms with Crippen LogP contribution in [0.3, 0.4) is 0 Å². The number of nitrogens with zero attached hydrogens (tertiary/aromatic N) is 1. The molecule has 3 rings (SSSR count). The lowest BCUT2D eigenvalue weighted by atomic mass is 10.2. The van der Waals surface area contributed by atoms with Gasteiger partial charge in [-0.25, -0.2) is 4.98 Å². The van der Waals surface area contributed by atoms with E-state index in [4.69, 9.17) is 14.3 Å². The zero-order valence-electron chi connectivity index (χ0n) is 12.7. The number of ether oxygens (including phenoxy) is 1. The Balaban J connectivity index is 1.83. The largest absolute Gasteiger partial charge is 0.491 e. The topological polar surface area (TPSA) is 87.8 Å². The van der Waals surface area contributed by atoms with Gasteiger partial charge in [-0.15, -0.1) is 0 Å². The first-order valence-corrected chi connectivity index (χ1v) is 7.30. The number of fused-ring (bicyclic) bond motifs is 1. The van der Waals surface area contributed by atoms with Gasteiger partial charge in [-0.1, -0.05) is 0 Å². The molecule has 2 aromatic carbocycles. The number of aliphatic hydroxyl groups excluding tert-OH is 2. The molecule has 0 amide bonds. The molecule has 120 valence electrons. The van der Waals surface area contributed by atoms with E-state index in [1.165, 1.54) is 0 Å². The summed E-state index contributed by atoms with van der Waals surface area (Å²) in [7, 11) is 1.86. The van der Waals surface area contributed by atoms with Crippen LogP contribution >= 0.6 is 0 Å². The summed E-state index contributed by atoms with van der Waals surface area (Å²) in [5.41, 5.74) is 3.24. The Hall–Kier alpha value is -2.57. The third-order valence-corrected chi connectivity index (χ3v) is 3.43. The molecule has 0 bridgehead atoms. The third-order valence-electron chi connectivity index (χ3n) is 3.43. The number of aromatic nitrogens is 1. The molecule has 0 spiro atoms. The summed E-state index contributed by atoms with van der Waals surface area (Å²) in [6.45, 7) is -0.308. The van der Waals surface area contributed by atoms with Crippen molar-refractivity contribution in [2.45, 2.75) is 6.10 Å². The molecule has 1 heterocycles. The number of rotatable bonds is 6. The predicted octanol–water partition coefficient (Wildman–Crippen LogP) is 2.27. The van der Waals surface area contributed by atoms with Crippen LogP contribution < -0.4 is 10.1 Å². The van der Waals surface area contributed by atoms with E-state index in [1.54, 1.807) is 18.2 Å². The molecule has 3 aromatic rings. The molecule has 6 nitrogen and oxygen atoms in total. The van der Waals surface area contributed by atoms with Crippen molar-refractivity contribution in [1.82, 2.24) is 4.98 Å². The fourth-order valence-corrected chi connectivity index (χ4v) is 2.15. The number of nitrogens with one attached hydrogen (secondary N) is 1. The average molecular weight is 314 g/mol. The Morgan fingerprint density at radius 1 is 1.22 bits per heavy atom. The van der Waals surface area contributed by atoms with Gasteiger partial charge in [-0.05, 0) is 36.4 Å². The number of hydrogen-bond acceptors (Lipinski definition) is 6. The Morgan fingerprint density at radius 3 is 2.70 bits per heavy atom. The summed E-state index contributed by atoms with van der Waals surface area (Å²) in [6.07, 6.45) is -0.899. The monoisotopic (exact) mass is 314 g/mol. The van der Waals surface area contributed by atoms with Crippen molar-refractivity contribution < 1.29 is 19.4 Å². The normalized spacial score (nSPS) is 12.3. The number of oxazole rings is 1. The van der Waals surface area contributed by atoms with E-state index >= 15 is 0 Å². The Labute approximate surface area is 133 Å². The van der Waals surface area contributed by atoms with Crippen molar-refractivity contribution in [3.05, 3.63) is 42.5 Å². The maximum atomic E-state index is 9.31. The highest BCUT2D eigenvalue weighted by atomic mass is 16.5. The number of anilines is 1. The minimum atomic E-state index is -0.899. The quantitative estimate of drug-likeness (QED) is 0.647. The molecule has 0 saturated carbocycles. The van der Waals surface area contributed by atoms with Crippen molar-refractivity contribution in [3.8, 4) is 17.2 Å². The molecule has 1 aromatic heterocycles. The lowest BCUT2D eigenvalue weighted by molar-refractivity contribution is 0.0536. The minimum Gasteiger partial charge on any atom is -0.491 e. The van der Waals surface area contributed by atoms with Crippen molar-refractivity contribution in [2.75, 3.05) is 25.6 Å². The van der Waals surface area contributed by atoms with Gasteiger partial charge in [0.15, 0.2) is 5.58 Å². The summed E-state index contributed by atoms with van der Waals surface area (Å²) in [6, 6.07) is 13.0. The molecule has 0 aliphatic carbocycles. The van der Waals surface area contributed by atoms with E-state index < -0.39 is 6.10 Å². The van der Waals surface area contributed by atoms with Crippen LogP contribution in [0.2, 0.25) is 0 Å². The van der Waals surface area contributed by atoms with Gasteiger partial charge >= 0.3 is 0 Å². The molecule has 0 aliphatic heterocycles. The Bertz CT molecular complexity index is 783. The van der Waals surface area contributed by atoms with E-state index in [9.17, 15) is 5.11 Å². The van der Waals surface area contributed by atoms with Gasteiger partial charge in [0.2, 0.25) is 5.89 Å². The summed E-state index contributed by atoms with van der Waals surface area (Å²) < 4.78 is 11.2. The molecule has 0 unspecified atom stereocenters. The van der Waals surface area contributed by atoms with E-state index in [-0.39, 0.29) is 13.2 Å². The van der Waals surface area contributed by atoms with Gasteiger partial charge in [-0.2, -0.15) is 0 Å². The van der Waals surface area contributed by atoms with E-state index in [2.05, 4.69) is 10.3 Å². The van der Waals surface area contributed by atoms with Gasteiger partial charge < -0.3 is 24.7 Å². The summed E-state index contributed by atoms with van der Waals surface area (Å²) in [5, 5.41) is 21.2. The van der Waals surface area contributed by atoms with Gasteiger partial charge in [0.1, 0.15) is 24.0 Å². The highest BCUT2D eigenvalue weighted by Crippen LogP contribution is 2.27. The minimum absolute atomic E-state index is 0.0260. The molecular weight excluding hydrogens is 296 g/mol. The number of hydrogen-bond donors (Lipinski definition) is 3. The van der Waals surface area contributed by atoms with Crippen molar-refractivity contribution in [1.29, 1.82) is 0 Å². The first kappa shape index (κ1) is 15.3. The zero-order chi connectivity index (χ0) is 16.2. The molecule has 0 aliphatic rings. The van der Waals surface area contributed by atoms with Crippen LogP contribution in [0.4, 0.5) is 5.69 Å². The molecule has 0 radical (unpaired) electrons. The van der Waals surface area contributed by atoms with E-state index in [0.29, 0.717) is 22.7 Å². The highest BCUT2D eigenvalue weighted by molar-refractivity contribution is 5.78. The average Bonchev–Trinajstić information content (AvgIpc) is 3.03. The smallest absolute Gasteiger partial charge is 0.227 e. The Morgan fingerprint density at radius 2 is 2.00 bits per heavy atom. The maximum Gasteiger partial charge on any atom is 0.227 e. The van der Waals surface area contributed by atoms with Crippen LogP contribution in [0.1, 0.15) is 0 Å². The second-order valence-electron chi connectivity index (χ2n) is 5.12. The summed E-state index contributed by atoms with van der Waals surface area (Å²) >= 11 is 0. The number of aliphatic hydroxyl groups is 2. The highest BCUT2D eigenvalue weighted by Gasteiger charge is 2.10. The van der Waals surface area contributed by atoms with Gasteiger partial charge in [0, 0.05) is 24.4 Å². The second-order valence-corrected chi connectivity index (χ2v) is 5.12.